The number of rotatable bonds is 7. The Morgan fingerprint density at radius 3 is 2.38 bits per heavy atom. The van der Waals surface area contributed by atoms with Gasteiger partial charge in [-0.05, 0) is 67.0 Å². The molecule has 4 aliphatic heterocycles. The minimum absolute atomic E-state index is 0.204. The van der Waals surface area contributed by atoms with Crippen LogP contribution in [-0.2, 0) is 28.3 Å². The predicted molar refractivity (Wildman–Crippen MR) is 173 cm³/mol. The van der Waals surface area contributed by atoms with E-state index in [1.54, 1.807) is 11.0 Å². The SMILES string of the molecule is N#Cc1cnc(NC2CCN(c3ccc(CN4CCC(O)(c5ccc6c(c5)CN(C5CCC(=O)NC5=O)C6=O)CC4)cc3)CC2)nc1. The van der Waals surface area contributed by atoms with E-state index in [0.29, 0.717) is 48.9 Å². The topological polar surface area (TPSA) is 155 Å². The first-order valence-corrected chi connectivity index (χ1v) is 16.3. The number of amides is 3. The lowest BCUT2D eigenvalue weighted by molar-refractivity contribution is -0.136. The van der Waals surface area contributed by atoms with Gasteiger partial charge in [-0.2, -0.15) is 5.26 Å². The maximum Gasteiger partial charge on any atom is 0.255 e. The Bertz CT molecular complexity index is 1700. The summed E-state index contributed by atoms with van der Waals surface area (Å²) in [5.74, 6) is -0.369. The molecule has 0 bridgehead atoms. The smallest absolute Gasteiger partial charge is 0.255 e. The van der Waals surface area contributed by atoms with Crippen LogP contribution in [0.2, 0.25) is 0 Å². The molecule has 0 spiro atoms. The highest BCUT2D eigenvalue weighted by Crippen LogP contribution is 2.37. The molecule has 12 nitrogen and oxygen atoms in total. The Kier molecular flexibility index (Phi) is 8.34. The highest BCUT2D eigenvalue weighted by molar-refractivity contribution is 6.05. The molecule has 47 heavy (non-hydrogen) atoms. The number of carbonyl (C=O) groups excluding carboxylic acids is 3. The van der Waals surface area contributed by atoms with E-state index in [2.05, 4.69) is 54.7 Å². The molecule has 0 radical (unpaired) electrons. The number of nitriles is 1. The first-order chi connectivity index (χ1) is 22.8. The van der Waals surface area contributed by atoms with E-state index in [4.69, 9.17) is 5.26 Å². The first kappa shape index (κ1) is 30.8. The van der Waals surface area contributed by atoms with Gasteiger partial charge in [0.25, 0.3) is 5.91 Å². The molecule has 7 rings (SSSR count). The minimum Gasteiger partial charge on any atom is -0.385 e. The summed E-state index contributed by atoms with van der Waals surface area (Å²) in [7, 11) is 0. The molecular weight excluding hydrogens is 596 g/mol. The molecule has 3 aromatic rings. The quantitative estimate of drug-likeness (QED) is 0.331. The largest absolute Gasteiger partial charge is 0.385 e. The second-order valence-electron chi connectivity index (χ2n) is 13.1. The van der Waals surface area contributed by atoms with Gasteiger partial charge in [0.2, 0.25) is 17.8 Å². The van der Waals surface area contributed by atoms with Crippen molar-refractivity contribution >= 4 is 29.4 Å². The van der Waals surface area contributed by atoms with Crippen molar-refractivity contribution in [1.29, 1.82) is 5.26 Å². The van der Waals surface area contributed by atoms with Crippen LogP contribution in [0.4, 0.5) is 11.6 Å². The third kappa shape index (κ3) is 6.41. The molecule has 3 amide bonds. The Labute approximate surface area is 273 Å². The second-order valence-corrected chi connectivity index (χ2v) is 13.1. The van der Waals surface area contributed by atoms with Gasteiger partial charge in [-0.1, -0.05) is 24.3 Å². The van der Waals surface area contributed by atoms with Gasteiger partial charge in [-0.15, -0.1) is 0 Å². The summed E-state index contributed by atoms with van der Waals surface area (Å²) in [6.45, 7) is 4.48. The van der Waals surface area contributed by atoms with Crippen LogP contribution in [0, 0.1) is 11.3 Å². The van der Waals surface area contributed by atoms with Gasteiger partial charge in [0.05, 0.1) is 23.6 Å². The number of likely N-dealkylation sites (tertiary alicyclic amines) is 1. The molecule has 3 saturated heterocycles. The Balaban J connectivity index is 0.897. The van der Waals surface area contributed by atoms with Crippen LogP contribution >= 0.6 is 0 Å². The molecular formula is C35H38N8O4. The Morgan fingerprint density at radius 1 is 0.979 bits per heavy atom. The standard InChI is InChI=1S/C35H38N8O4/c36-18-24-19-37-34(38-20-24)39-27-9-13-42(14-10-27)28-4-1-23(2-5-28)21-41-15-11-35(47,12-16-41)26-3-6-29-25(17-26)22-43(33(29)46)30-7-8-31(44)40-32(30)45/h1-6,17,19-20,27,30,47H,7-16,21-22H2,(H,37,38,39)(H,40,44,45). The van der Waals surface area contributed by atoms with E-state index in [9.17, 15) is 19.5 Å². The number of carbonyl (C=O) groups is 3. The van der Waals surface area contributed by atoms with Crippen LogP contribution in [-0.4, -0.2) is 80.9 Å². The van der Waals surface area contributed by atoms with Gasteiger partial charge in [0.15, 0.2) is 0 Å². The molecule has 12 heteroatoms. The van der Waals surface area contributed by atoms with Gasteiger partial charge in [-0.3, -0.25) is 24.6 Å². The summed E-state index contributed by atoms with van der Waals surface area (Å²) in [6, 6.07) is 16.0. The molecule has 0 aliphatic carbocycles. The fraction of sp³-hybridized carbons (Fsp3) is 0.429. The number of aromatic nitrogens is 2. The molecule has 1 aromatic heterocycles. The van der Waals surface area contributed by atoms with Crippen LogP contribution in [0.3, 0.4) is 0 Å². The molecule has 1 unspecified atom stereocenters. The van der Waals surface area contributed by atoms with E-state index < -0.39 is 17.6 Å². The van der Waals surface area contributed by atoms with Crippen molar-refractivity contribution in [1.82, 2.24) is 25.1 Å². The van der Waals surface area contributed by atoms with Crippen LogP contribution in [0.15, 0.2) is 54.9 Å². The highest BCUT2D eigenvalue weighted by Gasteiger charge is 2.41. The highest BCUT2D eigenvalue weighted by atomic mass is 16.3. The summed E-state index contributed by atoms with van der Waals surface area (Å²) in [5.41, 5.74) is 4.10. The number of imide groups is 1. The molecule has 1 atom stereocenters. The molecule has 3 N–H and O–H groups in total. The normalized spacial score (nSPS) is 21.7. The van der Waals surface area contributed by atoms with E-state index in [0.717, 1.165) is 56.7 Å². The number of nitrogens with zero attached hydrogens (tertiary/aromatic N) is 6. The Hall–Kier alpha value is -4.86. The second kappa shape index (κ2) is 12.7. The summed E-state index contributed by atoms with van der Waals surface area (Å²) in [6.07, 6.45) is 6.74. The molecule has 4 aliphatic rings. The lowest BCUT2D eigenvalue weighted by Gasteiger charge is -2.39. The summed E-state index contributed by atoms with van der Waals surface area (Å²) in [4.78, 5) is 51.8. The molecule has 0 saturated carbocycles. The van der Waals surface area contributed by atoms with E-state index >= 15 is 0 Å². The maximum absolute atomic E-state index is 13.1. The molecule has 2 aromatic carbocycles. The summed E-state index contributed by atoms with van der Waals surface area (Å²) < 4.78 is 0. The third-order valence-electron chi connectivity index (χ3n) is 10.1. The number of hydrogen-bond acceptors (Lipinski definition) is 10. The zero-order valence-corrected chi connectivity index (χ0v) is 26.2. The van der Waals surface area contributed by atoms with Crippen LogP contribution in [0.5, 0.6) is 0 Å². The van der Waals surface area contributed by atoms with Crippen LogP contribution in [0.1, 0.15) is 71.1 Å². The van der Waals surface area contributed by atoms with E-state index in [-0.39, 0.29) is 18.2 Å². The number of hydrogen-bond donors (Lipinski definition) is 3. The number of fused-ring (bicyclic) bond motifs is 1. The van der Waals surface area contributed by atoms with Crippen molar-refractivity contribution in [3.8, 4) is 6.07 Å². The molecule has 242 valence electrons. The zero-order valence-electron chi connectivity index (χ0n) is 26.2. The minimum atomic E-state index is -0.978. The monoisotopic (exact) mass is 634 g/mol. The van der Waals surface area contributed by atoms with E-state index in [1.165, 1.54) is 23.6 Å². The zero-order chi connectivity index (χ0) is 32.5. The van der Waals surface area contributed by atoms with Crippen molar-refractivity contribution in [3.05, 3.63) is 82.7 Å². The molecule has 3 fully saturated rings. The lowest BCUT2D eigenvalue weighted by Crippen LogP contribution is -2.52. The van der Waals surface area contributed by atoms with Crippen LogP contribution < -0.4 is 15.5 Å². The van der Waals surface area contributed by atoms with Crippen molar-refractivity contribution in [3.63, 3.8) is 0 Å². The summed E-state index contributed by atoms with van der Waals surface area (Å²) >= 11 is 0. The van der Waals surface area contributed by atoms with Crippen molar-refractivity contribution in [2.75, 3.05) is 36.4 Å². The number of aliphatic hydroxyl groups is 1. The van der Waals surface area contributed by atoms with Gasteiger partial charge in [-0.25, -0.2) is 9.97 Å². The van der Waals surface area contributed by atoms with E-state index in [1.807, 2.05) is 18.2 Å². The van der Waals surface area contributed by atoms with Gasteiger partial charge in [0.1, 0.15) is 12.1 Å². The fourth-order valence-electron chi connectivity index (χ4n) is 7.23. The lowest BCUT2D eigenvalue weighted by atomic mass is 9.83. The van der Waals surface area contributed by atoms with Gasteiger partial charge >= 0.3 is 0 Å². The Morgan fingerprint density at radius 2 is 1.70 bits per heavy atom. The third-order valence-corrected chi connectivity index (χ3v) is 10.1. The summed E-state index contributed by atoms with van der Waals surface area (Å²) in [5, 5.41) is 26.3. The first-order valence-electron chi connectivity index (χ1n) is 16.3. The average Bonchev–Trinajstić information content (AvgIpc) is 3.42. The maximum atomic E-state index is 13.1. The fourth-order valence-corrected chi connectivity index (χ4v) is 7.23. The predicted octanol–water partition coefficient (Wildman–Crippen LogP) is 2.67. The van der Waals surface area contributed by atoms with Gasteiger partial charge < -0.3 is 20.2 Å². The number of nitrogens with one attached hydrogen (secondary N) is 2. The van der Waals surface area contributed by atoms with Crippen molar-refractivity contribution in [2.45, 2.75) is 69.3 Å². The van der Waals surface area contributed by atoms with Crippen LogP contribution in [0.25, 0.3) is 0 Å². The average molecular weight is 635 g/mol. The number of piperidine rings is 3. The number of anilines is 2. The van der Waals surface area contributed by atoms with Crippen molar-refractivity contribution in [2.24, 2.45) is 0 Å². The van der Waals surface area contributed by atoms with Gasteiger partial charge in [0, 0.05) is 63.0 Å². The molecule has 5 heterocycles. The number of benzene rings is 2. The van der Waals surface area contributed by atoms with Crippen molar-refractivity contribution < 1.29 is 19.5 Å².